The van der Waals surface area contributed by atoms with Gasteiger partial charge < -0.3 is 9.30 Å². The summed E-state index contributed by atoms with van der Waals surface area (Å²) in [4.78, 5) is 10.9. The fraction of sp³-hybridized carbons (Fsp3) is 0.538. The summed E-state index contributed by atoms with van der Waals surface area (Å²) in [6.07, 6.45) is 3.77. The van der Waals surface area contributed by atoms with E-state index in [0.29, 0.717) is 6.61 Å². The van der Waals surface area contributed by atoms with Gasteiger partial charge in [0.1, 0.15) is 0 Å². The third-order valence-corrected chi connectivity index (χ3v) is 3.69. The Labute approximate surface area is 117 Å². The summed E-state index contributed by atoms with van der Waals surface area (Å²) in [5.74, 6) is 0. The molecule has 0 aliphatic carbocycles. The van der Waals surface area contributed by atoms with Crippen molar-refractivity contribution in [1.82, 2.24) is 19.4 Å². The van der Waals surface area contributed by atoms with Crippen molar-refractivity contribution in [2.24, 2.45) is 0 Å². The second-order valence-corrected chi connectivity index (χ2v) is 5.66. The molecule has 0 bridgehead atoms. The molecule has 2 aromatic heterocycles. The van der Waals surface area contributed by atoms with Crippen molar-refractivity contribution < 1.29 is 4.74 Å². The summed E-state index contributed by atoms with van der Waals surface area (Å²) in [5.41, 5.74) is 2.33. The van der Waals surface area contributed by atoms with Crippen LogP contribution in [0.1, 0.15) is 16.4 Å². The van der Waals surface area contributed by atoms with E-state index in [2.05, 4.69) is 31.9 Å². The first-order chi connectivity index (χ1) is 9.19. The Balaban J connectivity index is 1.91. The van der Waals surface area contributed by atoms with E-state index in [0.717, 1.165) is 30.3 Å². The minimum absolute atomic E-state index is 0.707. The maximum Gasteiger partial charge on any atom is 0.0949 e. The van der Waals surface area contributed by atoms with Crippen molar-refractivity contribution in [3.05, 3.63) is 34.3 Å². The quantitative estimate of drug-likeness (QED) is 0.777. The van der Waals surface area contributed by atoms with Crippen molar-refractivity contribution in [1.29, 1.82) is 0 Å². The van der Waals surface area contributed by atoms with Crippen LogP contribution in [-0.4, -0.2) is 40.2 Å². The van der Waals surface area contributed by atoms with E-state index in [9.17, 15) is 0 Å². The SMILES string of the molecule is COCCn1cncc1CN(C)Cc1csc(C)n1. The molecule has 0 saturated heterocycles. The highest BCUT2D eigenvalue weighted by Crippen LogP contribution is 2.11. The van der Waals surface area contributed by atoms with Crippen LogP contribution in [0.4, 0.5) is 0 Å². The highest BCUT2D eigenvalue weighted by Gasteiger charge is 2.08. The molecule has 0 aliphatic rings. The van der Waals surface area contributed by atoms with E-state index in [1.165, 1.54) is 5.69 Å². The topological polar surface area (TPSA) is 43.2 Å². The van der Waals surface area contributed by atoms with Crippen LogP contribution >= 0.6 is 11.3 Å². The number of aryl methyl sites for hydroxylation is 1. The molecular weight excluding hydrogens is 260 g/mol. The monoisotopic (exact) mass is 280 g/mol. The van der Waals surface area contributed by atoms with Gasteiger partial charge in [0.15, 0.2) is 0 Å². The van der Waals surface area contributed by atoms with E-state index in [4.69, 9.17) is 4.74 Å². The summed E-state index contributed by atoms with van der Waals surface area (Å²) in [6.45, 7) is 5.31. The third-order valence-electron chi connectivity index (χ3n) is 2.87. The lowest BCUT2D eigenvalue weighted by molar-refractivity contribution is 0.185. The summed E-state index contributed by atoms with van der Waals surface area (Å²) in [7, 11) is 3.82. The van der Waals surface area contributed by atoms with Gasteiger partial charge in [-0.25, -0.2) is 9.97 Å². The van der Waals surface area contributed by atoms with Crippen LogP contribution in [0, 0.1) is 6.92 Å². The molecule has 104 valence electrons. The number of thiazole rings is 1. The molecule has 2 aromatic rings. The first-order valence-electron chi connectivity index (χ1n) is 6.26. The summed E-state index contributed by atoms with van der Waals surface area (Å²) in [5, 5.41) is 3.24. The molecular formula is C13H20N4OS. The van der Waals surface area contributed by atoms with Crippen LogP contribution in [0.5, 0.6) is 0 Å². The fourth-order valence-electron chi connectivity index (χ4n) is 1.96. The Morgan fingerprint density at radius 1 is 1.42 bits per heavy atom. The van der Waals surface area contributed by atoms with Gasteiger partial charge >= 0.3 is 0 Å². The second-order valence-electron chi connectivity index (χ2n) is 4.60. The Bertz CT molecular complexity index is 508. The van der Waals surface area contributed by atoms with Crippen LogP contribution < -0.4 is 0 Å². The van der Waals surface area contributed by atoms with Crippen LogP contribution in [0.25, 0.3) is 0 Å². The van der Waals surface area contributed by atoms with Crippen molar-refractivity contribution in [2.45, 2.75) is 26.6 Å². The molecule has 0 aliphatic heterocycles. The number of imidazole rings is 1. The van der Waals surface area contributed by atoms with E-state index in [1.54, 1.807) is 18.4 Å². The molecule has 0 N–H and O–H groups in total. The zero-order valence-corrected chi connectivity index (χ0v) is 12.5. The smallest absolute Gasteiger partial charge is 0.0949 e. The number of ether oxygens (including phenoxy) is 1. The van der Waals surface area contributed by atoms with E-state index < -0.39 is 0 Å². The molecule has 2 rings (SSSR count). The van der Waals surface area contributed by atoms with Gasteiger partial charge in [-0.3, -0.25) is 4.90 Å². The molecule has 0 spiro atoms. The molecule has 0 radical (unpaired) electrons. The van der Waals surface area contributed by atoms with Gasteiger partial charge in [0.2, 0.25) is 0 Å². The maximum atomic E-state index is 5.10. The lowest BCUT2D eigenvalue weighted by atomic mass is 10.3. The van der Waals surface area contributed by atoms with Crippen LogP contribution in [0.3, 0.4) is 0 Å². The van der Waals surface area contributed by atoms with Gasteiger partial charge in [-0.05, 0) is 14.0 Å². The molecule has 0 saturated carbocycles. The van der Waals surface area contributed by atoms with Gasteiger partial charge in [-0.15, -0.1) is 11.3 Å². The van der Waals surface area contributed by atoms with Gasteiger partial charge in [0.05, 0.1) is 29.3 Å². The predicted molar refractivity (Wildman–Crippen MR) is 76.1 cm³/mol. The Kier molecular flexibility index (Phi) is 5.07. The Morgan fingerprint density at radius 2 is 2.26 bits per heavy atom. The van der Waals surface area contributed by atoms with Crippen molar-refractivity contribution >= 4 is 11.3 Å². The largest absolute Gasteiger partial charge is 0.383 e. The molecule has 5 nitrogen and oxygen atoms in total. The van der Waals surface area contributed by atoms with Crippen LogP contribution in [-0.2, 0) is 24.4 Å². The first-order valence-corrected chi connectivity index (χ1v) is 7.14. The van der Waals surface area contributed by atoms with Crippen molar-refractivity contribution in [3.63, 3.8) is 0 Å². The van der Waals surface area contributed by atoms with Crippen molar-refractivity contribution in [2.75, 3.05) is 20.8 Å². The van der Waals surface area contributed by atoms with Gasteiger partial charge in [0.25, 0.3) is 0 Å². The number of hydrogen-bond acceptors (Lipinski definition) is 5. The summed E-state index contributed by atoms with van der Waals surface area (Å²) in [6, 6.07) is 0. The minimum Gasteiger partial charge on any atom is -0.383 e. The highest BCUT2D eigenvalue weighted by molar-refractivity contribution is 7.09. The molecule has 2 heterocycles. The van der Waals surface area contributed by atoms with Crippen LogP contribution in [0.2, 0.25) is 0 Å². The minimum atomic E-state index is 0.707. The second kappa shape index (κ2) is 6.79. The zero-order valence-electron chi connectivity index (χ0n) is 11.7. The van der Waals surface area contributed by atoms with Crippen molar-refractivity contribution in [3.8, 4) is 0 Å². The van der Waals surface area contributed by atoms with E-state index in [-0.39, 0.29) is 0 Å². The van der Waals surface area contributed by atoms with Gasteiger partial charge in [-0.1, -0.05) is 0 Å². The lowest BCUT2D eigenvalue weighted by Crippen LogP contribution is -2.20. The average Bonchev–Trinajstić information content (AvgIpc) is 2.96. The normalized spacial score (nSPS) is 11.4. The highest BCUT2D eigenvalue weighted by atomic mass is 32.1. The van der Waals surface area contributed by atoms with Gasteiger partial charge in [-0.2, -0.15) is 0 Å². The maximum absolute atomic E-state index is 5.10. The Hall–Kier alpha value is -1.24. The summed E-state index contributed by atoms with van der Waals surface area (Å²) >= 11 is 1.70. The predicted octanol–water partition coefficient (Wildman–Crippen LogP) is 1.93. The van der Waals surface area contributed by atoms with Gasteiger partial charge in [0, 0.05) is 38.3 Å². The Morgan fingerprint density at radius 3 is 2.95 bits per heavy atom. The standard InChI is InChI=1S/C13H20N4OS/c1-11-15-12(9-19-11)7-16(2)8-13-6-14-10-17(13)4-5-18-3/h6,9-10H,4-5,7-8H2,1-3H3. The molecule has 19 heavy (non-hydrogen) atoms. The zero-order chi connectivity index (χ0) is 13.7. The number of nitrogens with zero attached hydrogens (tertiary/aromatic N) is 4. The molecule has 0 aromatic carbocycles. The molecule has 0 unspecified atom stereocenters. The third kappa shape index (κ3) is 4.12. The summed E-state index contributed by atoms with van der Waals surface area (Å²) < 4.78 is 7.23. The number of methoxy groups -OCH3 is 1. The van der Waals surface area contributed by atoms with Crippen LogP contribution in [0.15, 0.2) is 17.9 Å². The average molecular weight is 280 g/mol. The number of rotatable bonds is 7. The first kappa shape index (κ1) is 14.2. The molecule has 0 atom stereocenters. The van der Waals surface area contributed by atoms with E-state index >= 15 is 0 Å². The molecule has 0 fully saturated rings. The fourth-order valence-corrected chi connectivity index (χ4v) is 2.56. The molecule has 0 amide bonds. The number of hydrogen-bond donors (Lipinski definition) is 0. The lowest BCUT2D eigenvalue weighted by Gasteiger charge is -2.16. The number of aromatic nitrogens is 3. The van der Waals surface area contributed by atoms with E-state index in [1.807, 2.05) is 19.4 Å². The molecule has 6 heteroatoms.